The number of nitrogens with zero attached hydrogens (tertiary/aromatic N) is 2. The summed E-state index contributed by atoms with van der Waals surface area (Å²) in [6, 6.07) is 8.49. The lowest BCUT2D eigenvalue weighted by Gasteiger charge is -2.46. The minimum Gasteiger partial charge on any atom is -0.375 e. The van der Waals surface area contributed by atoms with E-state index in [0.29, 0.717) is 0 Å². The van der Waals surface area contributed by atoms with E-state index < -0.39 is 0 Å². The summed E-state index contributed by atoms with van der Waals surface area (Å²) < 4.78 is 6.33. The molecule has 1 atom stereocenters. The number of hydrogen-bond donors (Lipinski definition) is 1. The first-order valence-corrected chi connectivity index (χ1v) is 9.84. The zero-order valence-electron chi connectivity index (χ0n) is 15.0. The molecule has 2 fully saturated rings. The lowest BCUT2D eigenvalue weighted by molar-refractivity contribution is -0.104. The van der Waals surface area contributed by atoms with Crippen molar-refractivity contribution in [2.75, 3.05) is 6.61 Å². The third-order valence-corrected chi connectivity index (χ3v) is 6.28. The molecule has 4 nitrogen and oxygen atoms in total. The molecule has 1 saturated heterocycles. The quantitative estimate of drug-likeness (QED) is 0.784. The topological polar surface area (TPSA) is 50.8 Å². The zero-order chi connectivity index (χ0) is 17.0. The van der Waals surface area contributed by atoms with Crippen LogP contribution in [0.2, 0.25) is 0 Å². The molecule has 25 heavy (non-hydrogen) atoms. The molecule has 134 valence electrons. The van der Waals surface area contributed by atoms with E-state index >= 15 is 0 Å². The van der Waals surface area contributed by atoms with Crippen LogP contribution in [0.4, 0.5) is 0 Å². The van der Waals surface area contributed by atoms with Crippen molar-refractivity contribution in [3.63, 3.8) is 0 Å². The van der Waals surface area contributed by atoms with E-state index in [1.54, 1.807) is 0 Å². The fourth-order valence-electron chi connectivity index (χ4n) is 5.00. The van der Waals surface area contributed by atoms with Gasteiger partial charge in [0.2, 0.25) is 0 Å². The minimum absolute atomic E-state index is 0.124. The van der Waals surface area contributed by atoms with Gasteiger partial charge in [-0.25, -0.2) is 0 Å². The summed E-state index contributed by atoms with van der Waals surface area (Å²) in [4.78, 5) is 4.79. The summed E-state index contributed by atoms with van der Waals surface area (Å²) in [7, 11) is 0. The highest BCUT2D eigenvalue weighted by Gasteiger charge is 2.48. The molecular weight excluding hydrogens is 310 g/mol. The van der Waals surface area contributed by atoms with E-state index in [4.69, 9.17) is 9.72 Å². The second-order valence-electron chi connectivity index (χ2n) is 7.95. The molecule has 0 radical (unpaired) electrons. The van der Waals surface area contributed by atoms with Crippen molar-refractivity contribution >= 4 is 0 Å². The van der Waals surface area contributed by atoms with Gasteiger partial charge in [-0.15, -0.1) is 0 Å². The highest BCUT2D eigenvalue weighted by molar-refractivity contribution is 5.20. The van der Waals surface area contributed by atoms with Crippen molar-refractivity contribution in [1.82, 2.24) is 15.2 Å². The van der Waals surface area contributed by atoms with Crippen LogP contribution >= 0.6 is 0 Å². The minimum atomic E-state index is 0.124. The third-order valence-electron chi connectivity index (χ3n) is 6.28. The molecule has 0 aromatic carbocycles. The van der Waals surface area contributed by atoms with Crippen molar-refractivity contribution in [1.29, 1.82) is 0 Å². The van der Waals surface area contributed by atoms with Gasteiger partial charge >= 0.3 is 0 Å². The molecule has 0 unspecified atom stereocenters. The summed E-state index contributed by atoms with van der Waals surface area (Å²) in [5.74, 6) is 0. The Morgan fingerprint density at radius 2 is 1.96 bits per heavy atom. The maximum Gasteiger partial charge on any atom is 0.0691 e. The van der Waals surface area contributed by atoms with Crippen molar-refractivity contribution in [2.24, 2.45) is 0 Å². The van der Waals surface area contributed by atoms with Crippen LogP contribution in [-0.4, -0.2) is 27.4 Å². The Balaban J connectivity index is 1.48. The summed E-state index contributed by atoms with van der Waals surface area (Å²) in [5.41, 5.74) is 2.84. The van der Waals surface area contributed by atoms with Gasteiger partial charge in [0.25, 0.3) is 0 Å². The van der Waals surface area contributed by atoms with Crippen LogP contribution in [0.25, 0.3) is 0 Å². The lowest BCUT2D eigenvalue weighted by atomic mass is 9.67. The second-order valence-corrected chi connectivity index (χ2v) is 7.95. The number of aromatic amines is 1. The van der Waals surface area contributed by atoms with Crippen LogP contribution in [0.1, 0.15) is 69.2 Å². The van der Waals surface area contributed by atoms with Crippen molar-refractivity contribution < 1.29 is 4.74 Å². The Morgan fingerprint density at radius 1 is 1.04 bits per heavy atom. The summed E-state index contributed by atoms with van der Waals surface area (Å²) >= 11 is 0. The monoisotopic (exact) mass is 339 g/mol. The van der Waals surface area contributed by atoms with Gasteiger partial charge in [-0.3, -0.25) is 10.1 Å². The number of ether oxygens (including phenoxy) is 1. The average Bonchev–Trinajstić information content (AvgIpc) is 3.32. The van der Waals surface area contributed by atoms with E-state index in [-0.39, 0.29) is 11.0 Å². The molecule has 0 amide bonds. The molecule has 2 aromatic heterocycles. The van der Waals surface area contributed by atoms with Crippen molar-refractivity contribution in [3.05, 3.63) is 48.0 Å². The number of rotatable bonds is 6. The van der Waals surface area contributed by atoms with E-state index in [2.05, 4.69) is 28.4 Å². The average molecular weight is 339 g/mol. The first kappa shape index (κ1) is 16.8. The SMILES string of the molecule is c1ccc([C@]2(CCCCc3ccn[nH]3)CCOC3(CCCC3)C2)nc1. The van der Waals surface area contributed by atoms with Gasteiger partial charge in [-0.2, -0.15) is 5.10 Å². The number of nitrogens with one attached hydrogen (secondary N) is 1. The second kappa shape index (κ2) is 7.28. The van der Waals surface area contributed by atoms with E-state index in [1.165, 1.54) is 56.3 Å². The summed E-state index contributed by atoms with van der Waals surface area (Å²) in [6.07, 6.45) is 15.9. The molecule has 1 N–H and O–H groups in total. The molecule has 4 heteroatoms. The van der Waals surface area contributed by atoms with Gasteiger partial charge in [0.1, 0.15) is 0 Å². The van der Waals surface area contributed by atoms with Crippen molar-refractivity contribution in [3.8, 4) is 0 Å². The molecule has 1 spiro atoms. The van der Waals surface area contributed by atoms with E-state index in [9.17, 15) is 0 Å². The van der Waals surface area contributed by atoms with Crippen LogP contribution < -0.4 is 0 Å². The van der Waals surface area contributed by atoms with Gasteiger partial charge in [0.15, 0.2) is 0 Å². The zero-order valence-corrected chi connectivity index (χ0v) is 15.0. The Hall–Kier alpha value is -1.68. The Morgan fingerprint density at radius 3 is 2.72 bits per heavy atom. The number of hydrogen-bond acceptors (Lipinski definition) is 3. The number of aryl methyl sites for hydroxylation is 1. The summed E-state index contributed by atoms with van der Waals surface area (Å²) in [5, 5.41) is 7.12. The van der Waals surface area contributed by atoms with E-state index in [0.717, 1.165) is 25.9 Å². The summed E-state index contributed by atoms with van der Waals surface area (Å²) in [6.45, 7) is 0.886. The highest BCUT2D eigenvalue weighted by atomic mass is 16.5. The first-order valence-electron chi connectivity index (χ1n) is 9.84. The van der Waals surface area contributed by atoms with Crippen molar-refractivity contribution in [2.45, 2.75) is 75.2 Å². The number of H-pyrrole nitrogens is 1. The predicted octanol–water partition coefficient (Wildman–Crippen LogP) is 4.58. The molecule has 3 heterocycles. The smallest absolute Gasteiger partial charge is 0.0691 e. The molecule has 0 bridgehead atoms. The Bertz CT molecular complexity index is 649. The number of pyridine rings is 1. The molecule has 1 saturated carbocycles. The predicted molar refractivity (Wildman–Crippen MR) is 98.4 cm³/mol. The fourth-order valence-corrected chi connectivity index (χ4v) is 5.00. The van der Waals surface area contributed by atoms with Gasteiger partial charge in [-0.05, 0) is 63.1 Å². The maximum absolute atomic E-state index is 6.33. The van der Waals surface area contributed by atoms with Crippen LogP contribution in [0.15, 0.2) is 36.7 Å². The van der Waals surface area contributed by atoms with Gasteiger partial charge in [0.05, 0.1) is 5.60 Å². The molecule has 1 aliphatic carbocycles. The van der Waals surface area contributed by atoms with Crippen LogP contribution in [0.3, 0.4) is 0 Å². The van der Waals surface area contributed by atoms with Gasteiger partial charge in [0, 0.05) is 35.8 Å². The molecular formula is C21H29N3O. The molecule has 1 aliphatic heterocycles. The van der Waals surface area contributed by atoms with Gasteiger partial charge < -0.3 is 4.74 Å². The fraction of sp³-hybridized carbons (Fsp3) is 0.619. The van der Waals surface area contributed by atoms with E-state index in [1.807, 2.05) is 18.5 Å². The maximum atomic E-state index is 6.33. The molecule has 2 aliphatic rings. The largest absolute Gasteiger partial charge is 0.375 e. The van der Waals surface area contributed by atoms with Gasteiger partial charge in [-0.1, -0.05) is 25.3 Å². The highest BCUT2D eigenvalue weighted by Crippen LogP contribution is 2.50. The molecule has 2 aromatic rings. The van der Waals surface area contributed by atoms with Crippen LogP contribution in [0, 0.1) is 0 Å². The third kappa shape index (κ3) is 3.64. The lowest BCUT2D eigenvalue weighted by Crippen LogP contribution is -2.46. The first-order chi connectivity index (χ1) is 12.3. The standard InChI is InChI=1S/C21H29N3O/c1(7-18-9-15-23-24-18)3-10-20(19-8-2-6-14-22-19)13-16-25-21(17-20)11-4-5-12-21/h2,6,8-9,14-15H,1,3-5,7,10-13,16-17H2,(H,23,24)/t20-/m1/s1. The number of unbranched alkanes of at least 4 members (excludes halogenated alkanes) is 1. The normalized spacial score (nSPS) is 25.4. The van der Waals surface area contributed by atoms with Crippen LogP contribution in [0.5, 0.6) is 0 Å². The Labute approximate surface area is 150 Å². The van der Waals surface area contributed by atoms with Crippen LogP contribution in [-0.2, 0) is 16.6 Å². The number of aromatic nitrogens is 3. The molecule has 4 rings (SSSR count). The Kier molecular flexibility index (Phi) is 4.89.